The lowest BCUT2D eigenvalue weighted by molar-refractivity contribution is 0.0933. The number of amides is 1. The fourth-order valence-corrected chi connectivity index (χ4v) is 3.66. The van der Waals surface area contributed by atoms with Crippen LogP contribution in [0.1, 0.15) is 39.8 Å². The smallest absolute Gasteiger partial charge is 0.257 e. The van der Waals surface area contributed by atoms with Crippen LogP contribution in [-0.2, 0) is 0 Å². The Hall–Kier alpha value is -1.82. The van der Waals surface area contributed by atoms with Crippen LogP contribution < -0.4 is 5.32 Å². The van der Waals surface area contributed by atoms with Gasteiger partial charge in [0.15, 0.2) is 0 Å². The maximum atomic E-state index is 13.5. The molecular formula is C15H15FN2O2S. The van der Waals surface area contributed by atoms with Gasteiger partial charge >= 0.3 is 0 Å². The third kappa shape index (κ3) is 2.68. The summed E-state index contributed by atoms with van der Waals surface area (Å²) in [6.07, 6.45) is 0.774. The molecule has 110 valence electrons. The lowest BCUT2D eigenvalue weighted by Gasteiger charge is -2.26. The fourth-order valence-electron chi connectivity index (χ4n) is 2.55. The number of nitrogens with one attached hydrogen (secondary N) is 1. The molecule has 1 aromatic carbocycles. The number of carbonyl (C=O) groups is 1. The van der Waals surface area contributed by atoms with Crippen molar-refractivity contribution in [1.29, 1.82) is 0 Å². The quantitative estimate of drug-likeness (QED) is 0.924. The number of carbonyl (C=O) groups excluding carboxylic acids is 1. The van der Waals surface area contributed by atoms with Crippen molar-refractivity contribution in [2.75, 3.05) is 5.75 Å². The number of nitrogens with zero attached hydrogens (tertiary/aromatic N) is 1. The number of benzene rings is 1. The SMILES string of the molecule is Cc1noc(C)c1C(=O)NC1CCSc2ccc(F)cc21. The monoisotopic (exact) mass is 306 g/mol. The van der Waals surface area contributed by atoms with Crippen molar-refractivity contribution in [1.82, 2.24) is 10.5 Å². The summed E-state index contributed by atoms with van der Waals surface area (Å²) in [6, 6.07) is 4.53. The highest BCUT2D eigenvalue weighted by Gasteiger charge is 2.25. The van der Waals surface area contributed by atoms with Gasteiger partial charge in [0.25, 0.3) is 5.91 Å². The number of aromatic nitrogens is 1. The first-order valence-corrected chi connectivity index (χ1v) is 7.71. The number of hydrogen-bond donors (Lipinski definition) is 1. The highest BCUT2D eigenvalue weighted by Crippen LogP contribution is 2.36. The van der Waals surface area contributed by atoms with Gasteiger partial charge in [-0.1, -0.05) is 5.16 Å². The molecule has 3 rings (SSSR count). The van der Waals surface area contributed by atoms with Gasteiger partial charge in [-0.15, -0.1) is 11.8 Å². The Bertz CT molecular complexity index is 679. The summed E-state index contributed by atoms with van der Waals surface area (Å²) in [6.45, 7) is 3.44. The maximum absolute atomic E-state index is 13.5. The minimum absolute atomic E-state index is 0.182. The number of thioether (sulfide) groups is 1. The van der Waals surface area contributed by atoms with E-state index in [4.69, 9.17) is 4.52 Å². The van der Waals surface area contributed by atoms with Crippen molar-refractivity contribution in [2.45, 2.75) is 31.2 Å². The molecule has 6 heteroatoms. The van der Waals surface area contributed by atoms with Crippen LogP contribution in [-0.4, -0.2) is 16.8 Å². The Morgan fingerprint density at radius 2 is 2.29 bits per heavy atom. The standard InChI is InChI=1S/C15H15FN2O2S/c1-8-14(9(2)20-18-8)15(19)17-12-5-6-21-13-4-3-10(16)7-11(12)13/h3-4,7,12H,5-6H2,1-2H3,(H,17,19). The number of aryl methyl sites for hydroxylation is 2. The highest BCUT2D eigenvalue weighted by molar-refractivity contribution is 7.99. The zero-order valence-electron chi connectivity index (χ0n) is 11.8. The first-order valence-electron chi connectivity index (χ1n) is 6.72. The average molecular weight is 306 g/mol. The third-order valence-corrected chi connectivity index (χ3v) is 4.70. The summed E-state index contributed by atoms with van der Waals surface area (Å²) in [5.74, 6) is 0.881. The lowest BCUT2D eigenvalue weighted by Crippen LogP contribution is -2.31. The van der Waals surface area contributed by atoms with Gasteiger partial charge in [-0.05, 0) is 44.0 Å². The molecule has 0 spiro atoms. The molecule has 0 aliphatic carbocycles. The Morgan fingerprint density at radius 1 is 1.48 bits per heavy atom. The zero-order chi connectivity index (χ0) is 15.0. The van der Waals surface area contributed by atoms with Gasteiger partial charge in [0, 0.05) is 10.6 Å². The molecule has 1 aromatic heterocycles. The normalized spacial score (nSPS) is 17.4. The summed E-state index contributed by atoms with van der Waals surface area (Å²) >= 11 is 1.68. The Balaban J connectivity index is 1.87. The van der Waals surface area contributed by atoms with Gasteiger partial charge in [0.2, 0.25) is 0 Å². The van der Waals surface area contributed by atoms with Crippen LogP contribution in [0.4, 0.5) is 4.39 Å². The maximum Gasteiger partial charge on any atom is 0.257 e. The molecule has 4 nitrogen and oxygen atoms in total. The van der Waals surface area contributed by atoms with E-state index in [0.29, 0.717) is 17.0 Å². The van der Waals surface area contributed by atoms with E-state index in [1.54, 1.807) is 31.7 Å². The average Bonchev–Trinajstić information content (AvgIpc) is 2.79. The van der Waals surface area contributed by atoms with E-state index in [1.807, 2.05) is 0 Å². The lowest BCUT2D eigenvalue weighted by atomic mass is 10.0. The van der Waals surface area contributed by atoms with Gasteiger partial charge < -0.3 is 9.84 Å². The summed E-state index contributed by atoms with van der Waals surface area (Å²) in [5.41, 5.74) is 1.87. The molecule has 1 aliphatic rings. The molecule has 1 unspecified atom stereocenters. The predicted octanol–water partition coefficient (Wildman–Crippen LogP) is 3.40. The molecule has 2 aromatic rings. The zero-order valence-corrected chi connectivity index (χ0v) is 12.6. The summed E-state index contributed by atoms with van der Waals surface area (Å²) < 4.78 is 18.5. The van der Waals surface area contributed by atoms with Crippen LogP contribution in [0.25, 0.3) is 0 Å². The molecule has 0 fully saturated rings. The van der Waals surface area contributed by atoms with Crippen LogP contribution >= 0.6 is 11.8 Å². The first kappa shape index (κ1) is 14.1. The van der Waals surface area contributed by atoms with E-state index in [2.05, 4.69) is 10.5 Å². The highest BCUT2D eigenvalue weighted by atomic mass is 32.2. The number of hydrogen-bond acceptors (Lipinski definition) is 4. The van der Waals surface area contributed by atoms with Gasteiger partial charge in [-0.25, -0.2) is 4.39 Å². The Labute approximate surface area is 126 Å². The second-order valence-electron chi connectivity index (χ2n) is 5.04. The van der Waals surface area contributed by atoms with Gasteiger partial charge in [-0.3, -0.25) is 4.79 Å². The van der Waals surface area contributed by atoms with Crippen LogP contribution in [0.5, 0.6) is 0 Å². The Kier molecular flexibility index (Phi) is 3.71. The van der Waals surface area contributed by atoms with Crippen LogP contribution in [0.2, 0.25) is 0 Å². The molecular weight excluding hydrogens is 291 g/mol. The summed E-state index contributed by atoms with van der Waals surface area (Å²) in [5, 5.41) is 6.76. The van der Waals surface area contributed by atoms with Gasteiger partial charge in [0.05, 0.1) is 11.7 Å². The Morgan fingerprint density at radius 3 is 3.00 bits per heavy atom. The van der Waals surface area contributed by atoms with E-state index < -0.39 is 0 Å². The van der Waals surface area contributed by atoms with Crippen molar-refractivity contribution in [3.63, 3.8) is 0 Å². The van der Waals surface area contributed by atoms with E-state index in [1.165, 1.54) is 12.1 Å². The van der Waals surface area contributed by atoms with Crippen LogP contribution in [0.15, 0.2) is 27.6 Å². The van der Waals surface area contributed by atoms with E-state index in [-0.39, 0.29) is 17.8 Å². The van der Waals surface area contributed by atoms with E-state index in [0.717, 1.165) is 22.6 Å². The number of rotatable bonds is 2. The third-order valence-electron chi connectivity index (χ3n) is 3.58. The van der Waals surface area contributed by atoms with Crippen molar-refractivity contribution >= 4 is 17.7 Å². The minimum Gasteiger partial charge on any atom is -0.361 e. The summed E-state index contributed by atoms with van der Waals surface area (Å²) in [7, 11) is 0. The molecule has 1 amide bonds. The molecule has 0 bridgehead atoms. The molecule has 0 radical (unpaired) electrons. The molecule has 0 saturated carbocycles. The summed E-state index contributed by atoms with van der Waals surface area (Å²) in [4.78, 5) is 13.4. The van der Waals surface area contributed by atoms with E-state index >= 15 is 0 Å². The largest absolute Gasteiger partial charge is 0.361 e. The molecule has 0 saturated heterocycles. The topological polar surface area (TPSA) is 55.1 Å². The molecule has 21 heavy (non-hydrogen) atoms. The second-order valence-corrected chi connectivity index (χ2v) is 6.18. The van der Waals surface area contributed by atoms with Crippen LogP contribution in [0.3, 0.4) is 0 Å². The van der Waals surface area contributed by atoms with Crippen molar-refractivity contribution in [2.24, 2.45) is 0 Å². The van der Waals surface area contributed by atoms with Gasteiger partial charge in [0.1, 0.15) is 17.1 Å². The second kappa shape index (κ2) is 5.52. The van der Waals surface area contributed by atoms with Crippen molar-refractivity contribution in [3.05, 3.63) is 46.6 Å². The fraction of sp³-hybridized carbons (Fsp3) is 0.333. The first-order chi connectivity index (χ1) is 10.1. The number of halogens is 1. The van der Waals surface area contributed by atoms with Gasteiger partial charge in [-0.2, -0.15) is 0 Å². The number of fused-ring (bicyclic) bond motifs is 1. The van der Waals surface area contributed by atoms with Crippen LogP contribution in [0, 0.1) is 19.7 Å². The van der Waals surface area contributed by atoms with Crippen molar-refractivity contribution in [3.8, 4) is 0 Å². The predicted molar refractivity (Wildman–Crippen MR) is 77.9 cm³/mol. The molecule has 1 N–H and O–H groups in total. The van der Waals surface area contributed by atoms with Crippen molar-refractivity contribution < 1.29 is 13.7 Å². The molecule has 2 heterocycles. The molecule has 1 aliphatic heterocycles. The van der Waals surface area contributed by atoms with E-state index in [9.17, 15) is 9.18 Å². The minimum atomic E-state index is -0.284. The molecule has 1 atom stereocenters.